The zero-order valence-electron chi connectivity index (χ0n) is 12.6. The van der Waals surface area contributed by atoms with Gasteiger partial charge in [-0.25, -0.2) is 21.5 Å². The number of rotatable bonds is 8. The summed E-state index contributed by atoms with van der Waals surface area (Å²) >= 11 is 0. The van der Waals surface area contributed by atoms with Crippen LogP contribution in [0.5, 0.6) is 0 Å². The fourth-order valence-corrected chi connectivity index (χ4v) is 2.71. The lowest BCUT2D eigenvalue weighted by molar-refractivity contribution is -0.116. The molecule has 0 atom stereocenters. The van der Waals surface area contributed by atoms with Crippen LogP contribution in [0, 0.1) is 11.6 Å². The van der Waals surface area contributed by atoms with Crippen LogP contribution >= 0.6 is 0 Å². The number of para-hydroxylation sites is 1. The van der Waals surface area contributed by atoms with Crippen LogP contribution in [0.1, 0.15) is 26.2 Å². The third-order valence-electron chi connectivity index (χ3n) is 3.05. The van der Waals surface area contributed by atoms with E-state index in [0.717, 1.165) is 24.8 Å². The topological polar surface area (TPSA) is 66.5 Å². The number of halogens is 2. The molecule has 0 aliphatic heterocycles. The molecule has 0 aliphatic carbocycles. The number of sulfonamides is 1. The van der Waals surface area contributed by atoms with Gasteiger partial charge in [0, 0.05) is 19.5 Å². The van der Waals surface area contributed by atoms with E-state index < -0.39 is 33.3 Å². The Balaban J connectivity index is 2.64. The van der Waals surface area contributed by atoms with E-state index in [0.29, 0.717) is 13.0 Å². The molecule has 0 fully saturated rings. The van der Waals surface area contributed by atoms with Crippen LogP contribution in [-0.2, 0) is 14.8 Å². The molecule has 0 aromatic heterocycles. The Hall–Kier alpha value is -1.54. The summed E-state index contributed by atoms with van der Waals surface area (Å²) < 4.78 is 51.2. The predicted octanol–water partition coefficient (Wildman–Crippen LogP) is 2.36. The van der Waals surface area contributed by atoms with Gasteiger partial charge >= 0.3 is 0 Å². The van der Waals surface area contributed by atoms with Gasteiger partial charge in [0.2, 0.25) is 15.9 Å². The maximum atomic E-state index is 13.4. The zero-order chi connectivity index (χ0) is 16.8. The molecular weight excluding hydrogens is 314 g/mol. The standard InChI is InChI=1S/C14H20F2N2O3S/c1-3-4-9-18(22(2,20)21)10-8-13(19)17-14-11(15)6-5-7-12(14)16/h5-7H,3-4,8-10H2,1-2H3,(H,17,19). The molecule has 0 heterocycles. The van der Waals surface area contributed by atoms with Crippen molar-refractivity contribution in [3.05, 3.63) is 29.8 Å². The Morgan fingerprint density at radius 2 is 1.82 bits per heavy atom. The van der Waals surface area contributed by atoms with Gasteiger partial charge in [-0.3, -0.25) is 4.79 Å². The van der Waals surface area contributed by atoms with Crippen molar-refractivity contribution in [3.63, 3.8) is 0 Å². The molecule has 0 aliphatic rings. The molecule has 0 saturated carbocycles. The molecule has 0 spiro atoms. The number of unbranched alkanes of at least 4 members (excludes halogenated alkanes) is 1. The van der Waals surface area contributed by atoms with Gasteiger partial charge in [0.05, 0.1) is 6.26 Å². The highest BCUT2D eigenvalue weighted by Gasteiger charge is 2.18. The summed E-state index contributed by atoms with van der Waals surface area (Å²) in [6.07, 6.45) is 2.39. The van der Waals surface area contributed by atoms with E-state index in [1.54, 1.807) is 0 Å². The van der Waals surface area contributed by atoms with Crippen molar-refractivity contribution in [2.75, 3.05) is 24.7 Å². The third-order valence-corrected chi connectivity index (χ3v) is 4.35. The molecule has 0 unspecified atom stereocenters. The third kappa shape index (κ3) is 5.69. The first kappa shape index (κ1) is 18.5. The van der Waals surface area contributed by atoms with Crippen molar-refractivity contribution in [3.8, 4) is 0 Å². The van der Waals surface area contributed by atoms with Gasteiger partial charge < -0.3 is 5.32 Å². The number of benzene rings is 1. The minimum Gasteiger partial charge on any atom is -0.321 e. The molecule has 124 valence electrons. The molecule has 8 heteroatoms. The Labute approximate surface area is 129 Å². The minimum atomic E-state index is -3.42. The Morgan fingerprint density at radius 3 is 2.32 bits per heavy atom. The second-order valence-electron chi connectivity index (χ2n) is 4.91. The Kier molecular flexibility index (Phi) is 6.89. The van der Waals surface area contributed by atoms with Crippen LogP contribution in [0.25, 0.3) is 0 Å². The Bertz CT molecular complexity index is 600. The number of nitrogens with zero attached hydrogens (tertiary/aromatic N) is 1. The van der Waals surface area contributed by atoms with Gasteiger partial charge in [0.15, 0.2) is 0 Å². The van der Waals surface area contributed by atoms with E-state index in [9.17, 15) is 22.0 Å². The molecular formula is C14H20F2N2O3S. The van der Waals surface area contributed by atoms with Crippen LogP contribution in [-0.4, -0.2) is 38.0 Å². The van der Waals surface area contributed by atoms with Crippen LogP contribution in [0.15, 0.2) is 18.2 Å². The van der Waals surface area contributed by atoms with Crippen LogP contribution in [0.3, 0.4) is 0 Å². The van der Waals surface area contributed by atoms with Gasteiger partial charge in [-0.1, -0.05) is 19.4 Å². The highest BCUT2D eigenvalue weighted by atomic mass is 32.2. The van der Waals surface area contributed by atoms with E-state index in [1.807, 2.05) is 6.92 Å². The number of nitrogens with one attached hydrogen (secondary N) is 1. The largest absolute Gasteiger partial charge is 0.321 e. The quantitative estimate of drug-likeness (QED) is 0.793. The van der Waals surface area contributed by atoms with Crippen molar-refractivity contribution < 1.29 is 22.0 Å². The monoisotopic (exact) mass is 334 g/mol. The lowest BCUT2D eigenvalue weighted by Gasteiger charge is -2.19. The molecule has 5 nitrogen and oxygen atoms in total. The van der Waals surface area contributed by atoms with Crippen LogP contribution < -0.4 is 5.32 Å². The number of carbonyl (C=O) groups excluding carboxylic acids is 1. The SMILES string of the molecule is CCCCN(CCC(=O)Nc1c(F)cccc1F)S(C)(=O)=O. The van der Waals surface area contributed by atoms with Gasteiger partial charge in [0.1, 0.15) is 17.3 Å². The van der Waals surface area contributed by atoms with Crippen molar-refractivity contribution in [1.82, 2.24) is 4.31 Å². The molecule has 22 heavy (non-hydrogen) atoms. The number of anilines is 1. The minimum absolute atomic E-state index is 0.0270. The molecule has 1 aromatic carbocycles. The Morgan fingerprint density at radius 1 is 1.23 bits per heavy atom. The number of hydrogen-bond acceptors (Lipinski definition) is 3. The maximum absolute atomic E-state index is 13.4. The van der Waals surface area contributed by atoms with E-state index in [4.69, 9.17) is 0 Å². The number of amides is 1. The predicted molar refractivity (Wildman–Crippen MR) is 80.9 cm³/mol. The van der Waals surface area contributed by atoms with Gasteiger partial charge in [-0.15, -0.1) is 0 Å². The first-order valence-electron chi connectivity index (χ1n) is 6.94. The van der Waals surface area contributed by atoms with Crippen molar-refractivity contribution in [2.24, 2.45) is 0 Å². The molecule has 1 rings (SSSR count). The van der Waals surface area contributed by atoms with E-state index in [2.05, 4.69) is 5.32 Å². The zero-order valence-corrected chi connectivity index (χ0v) is 13.4. The fourth-order valence-electron chi connectivity index (χ4n) is 1.82. The van der Waals surface area contributed by atoms with Crippen molar-refractivity contribution in [1.29, 1.82) is 0 Å². The molecule has 1 N–H and O–H groups in total. The lowest BCUT2D eigenvalue weighted by Crippen LogP contribution is -2.34. The molecule has 0 bridgehead atoms. The van der Waals surface area contributed by atoms with Gasteiger partial charge in [-0.2, -0.15) is 0 Å². The average Bonchev–Trinajstić information content (AvgIpc) is 2.41. The average molecular weight is 334 g/mol. The second kappa shape index (κ2) is 8.19. The summed E-state index contributed by atoms with van der Waals surface area (Å²) in [5.41, 5.74) is -0.521. The number of carbonyl (C=O) groups is 1. The molecule has 1 aromatic rings. The molecule has 0 radical (unpaired) electrons. The smallest absolute Gasteiger partial charge is 0.225 e. The lowest BCUT2D eigenvalue weighted by atomic mass is 10.2. The summed E-state index contributed by atoms with van der Waals surface area (Å²) in [6, 6.07) is 3.25. The first-order chi connectivity index (χ1) is 10.3. The second-order valence-corrected chi connectivity index (χ2v) is 6.89. The maximum Gasteiger partial charge on any atom is 0.225 e. The summed E-state index contributed by atoms with van der Waals surface area (Å²) in [6.45, 7) is 2.21. The summed E-state index contributed by atoms with van der Waals surface area (Å²) in [4.78, 5) is 11.8. The highest BCUT2D eigenvalue weighted by molar-refractivity contribution is 7.88. The van der Waals surface area contributed by atoms with Crippen LogP contribution in [0.2, 0.25) is 0 Å². The highest BCUT2D eigenvalue weighted by Crippen LogP contribution is 2.18. The number of hydrogen-bond donors (Lipinski definition) is 1. The summed E-state index contributed by atoms with van der Waals surface area (Å²) in [5.74, 6) is -2.40. The van der Waals surface area contributed by atoms with Gasteiger partial charge in [-0.05, 0) is 18.6 Å². The normalized spacial score (nSPS) is 11.7. The molecule has 0 saturated heterocycles. The van der Waals surface area contributed by atoms with E-state index in [1.165, 1.54) is 10.4 Å². The van der Waals surface area contributed by atoms with Crippen LogP contribution in [0.4, 0.5) is 14.5 Å². The van der Waals surface area contributed by atoms with E-state index >= 15 is 0 Å². The van der Waals surface area contributed by atoms with Crippen molar-refractivity contribution in [2.45, 2.75) is 26.2 Å². The van der Waals surface area contributed by atoms with Crippen molar-refractivity contribution >= 4 is 21.6 Å². The summed E-state index contributed by atoms with van der Waals surface area (Å²) in [5, 5.41) is 2.13. The van der Waals surface area contributed by atoms with E-state index in [-0.39, 0.29) is 13.0 Å². The van der Waals surface area contributed by atoms with Gasteiger partial charge in [0.25, 0.3) is 0 Å². The first-order valence-corrected chi connectivity index (χ1v) is 8.79. The molecule has 1 amide bonds. The summed E-state index contributed by atoms with van der Waals surface area (Å²) in [7, 11) is -3.42. The fraction of sp³-hybridized carbons (Fsp3) is 0.500.